The third-order valence-electron chi connectivity index (χ3n) is 5.82. The third-order valence-corrected chi connectivity index (χ3v) is 6.29. The Morgan fingerprint density at radius 1 is 1.23 bits per heavy atom. The molecule has 4 atom stereocenters. The van der Waals surface area contributed by atoms with Crippen LogP contribution in [0.3, 0.4) is 0 Å². The van der Waals surface area contributed by atoms with Crippen molar-refractivity contribution in [2.24, 2.45) is 16.2 Å². The van der Waals surface area contributed by atoms with Crippen LogP contribution in [-0.4, -0.2) is 42.2 Å². The standard InChI is InChI=1S/C19H25N7O4S/c20-26-17-18(24-13-7-12(16(27)8-13)9-30-31(21,28)29)22-10-23-19(17)25-15-6-5-11-3-1-2-4-14(11)15/h1-4,10,12-13,15-16,20,27H,5-9H2,(H2,21,28,29)(H2,22,23,24,25)/t12?,13?,15-,16?/m0/s1. The van der Waals surface area contributed by atoms with Crippen LogP contribution in [0.2, 0.25) is 0 Å². The zero-order valence-electron chi connectivity index (χ0n) is 16.7. The van der Waals surface area contributed by atoms with Gasteiger partial charge in [-0.05, 0) is 36.8 Å². The maximum Gasteiger partial charge on any atom is 0.333 e. The molecule has 1 fully saturated rings. The van der Waals surface area contributed by atoms with Gasteiger partial charge in [0, 0.05) is 12.0 Å². The minimum Gasteiger partial charge on any atom is -0.393 e. The molecular formula is C19H25N7O4S. The summed E-state index contributed by atoms with van der Waals surface area (Å²) in [6.45, 7) is -0.189. The fourth-order valence-electron chi connectivity index (χ4n) is 4.34. The van der Waals surface area contributed by atoms with Crippen molar-refractivity contribution in [2.75, 3.05) is 17.2 Å². The zero-order chi connectivity index (χ0) is 22.0. The SMILES string of the molecule is N=Nc1c(NC2CC(O)C(COS(N)(=O)=O)C2)ncnc1N[C@H]1CCc2ccccc21. The minimum absolute atomic E-state index is 0.0764. The monoisotopic (exact) mass is 447 g/mol. The molecule has 0 bridgehead atoms. The number of aryl methyl sites for hydroxylation is 1. The Balaban J connectivity index is 1.46. The second-order valence-electron chi connectivity index (χ2n) is 7.88. The molecule has 0 radical (unpaired) electrons. The van der Waals surface area contributed by atoms with Crippen molar-refractivity contribution in [3.8, 4) is 0 Å². The number of nitrogens with two attached hydrogens (primary N) is 1. The maximum absolute atomic E-state index is 11.0. The summed E-state index contributed by atoms with van der Waals surface area (Å²) >= 11 is 0. The highest BCUT2D eigenvalue weighted by Crippen LogP contribution is 2.38. The van der Waals surface area contributed by atoms with Crippen LogP contribution in [0.1, 0.15) is 36.4 Å². The van der Waals surface area contributed by atoms with Crippen LogP contribution in [0, 0.1) is 11.4 Å². The lowest BCUT2D eigenvalue weighted by Gasteiger charge is -2.19. The summed E-state index contributed by atoms with van der Waals surface area (Å²) in [6.07, 6.45) is 3.37. The van der Waals surface area contributed by atoms with Crippen molar-refractivity contribution in [1.29, 1.82) is 5.53 Å². The molecule has 3 unspecified atom stereocenters. The van der Waals surface area contributed by atoms with Gasteiger partial charge in [0.2, 0.25) is 0 Å². The molecule has 1 aromatic heterocycles. The number of anilines is 2. The number of aliphatic hydroxyl groups is 1. The van der Waals surface area contributed by atoms with Gasteiger partial charge < -0.3 is 15.7 Å². The van der Waals surface area contributed by atoms with E-state index < -0.39 is 16.4 Å². The normalized spacial score (nSPS) is 25.2. The van der Waals surface area contributed by atoms with Gasteiger partial charge >= 0.3 is 10.3 Å². The first-order valence-electron chi connectivity index (χ1n) is 10.0. The molecule has 2 aliphatic carbocycles. The van der Waals surface area contributed by atoms with Crippen molar-refractivity contribution >= 4 is 27.6 Å². The van der Waals surface area contributed by atoms with Gasteiger partial charge in [-0.3, -0.25) is 4.18 Å². The van der Waals surface area contributed by atoms with Gasteiger partial charge in [-0.25, -0.2) is 20.6 Å². The highest BCUT2D eigenvalue weighted by molar-refractivity contribution is 7.84. The van der Waals surface area contributed by atoms with Crippen LogP contribution in [0.5, 0.6) is 0 Å². The first kappa shape index (κ1) is 21.6. The number of nitrogens with one attached hydrogen (secondary N) is 3. The highest BCUT2D eigenvalue weighted by atomic mass is 32.2. The van der Waals surface area contributed by atoms with E-state index >= 15 is 0 Å². The van der Waals surface area contributed by atoms with E-state index in [0.717, 1.165) is 12.8 Å². The summed E-state index contributed by atoms with van der Waals surface area (Å²) in [5.41, 5.74) is 10.4. The molecule has 1 aromatic carbocycles. The van der Waals surface area contributed by atoms with Crippen LogP contribution in [0.25, 0.3) is 0 Å². The minimum atomic E-state index is -4.06. The second kappa shape index (κ2) is 8.83. The summed E-state index contributed by atoms with van der Waals surface area (Å²) in [7, 11) is -4.06. The molecule has 2 aromatic rings. The average Bonchev–Trinajstić information content (AvgIpc) is 3.29. The summed E-state index contributed by atoms with van der Waals surface area (Å²) in [6, 6.07) is 8.11. The van der Waals surface area contributed by atoms with Gasteiger partial charge in [0.1, 0.15) is 6.33 Å². The van der Waals surface area contributed by atoms with Crippen molar-refractivity contribution in [2.45, 2.75) is 43.9 Å². The van der Waals surface area contributed by atoms with Crippen molar-refractivity contribution in [3.05, 3.63) is 41.7 Å². The quantitative estimate of drug-likeness (QED) is 0.382. The number of rotatable bonds is 8. The Labute approximate surface area is 180 Å². The van der Waals surface area contributed by atoms with Gasteiger partial charge in [-0.15, -0.1) is 0 Å². The fraction of sp³-hybridized carbons (Fsp3) is 0.474. The van der Waals surface area contributed by atoms with Crippen LogP contribution in [-0.2, 0) is 20.9 Å². The van der Waals surface area contributed by atoms with E-state index in [0.29, 0.717) is 24.5 Å². The first-order valence-corrected chi connectivity index (χ1v) is 11.5. The van der Waals surface area contributed by atoms with Crippen LogP contribution >= 0.6 is 0 Å². The Kier molecular flexibility index (Phi) is 6.14. The average molecular weight is 448 g/mol. The smallest absolute Gasteiger partial charge is 0.333 e. The highest BCUT2D eigenvalue weighted by Gasteiger charge is 2.35. The zero-order valence-corrected chi connectivity index (χ0v) is 17.5. The second-order valence-corrected chi connectivity index (χ2v) is 9.10. The van der Waals surface area contributed by atoms with Gasteiger partial charge in [0.15, 0.2) is 17.3 Å². The molecule has 0 spiro atoms. The Hall–Kier alpha value is -2.67. The van der Waals surface area contributed by atoms with E-state index in [1.165, 1.54) is 17.5 Å². The molecule has 0 amide bonds. The lowest BCUT2D eigenvalue weighted by Crippen LogP contribution is -2.24. The van der Waals surface area contributed by atoms with Crippen LogP contribution < -0.4 is 15.8 Å². The van der Waals surface area contributed by atoms with Crippen molar-refractivity contribution in [1.82, 2.24) is 9.97 Å². The van der Waals surface area contributed by atoms with Gasteiger partial charge in [0.05, 0.1) is 18.8 Å². The predicted octanol–water partition coefficient (Wildman–Crippen LogP) is 2.01. The Morgan fingerprint density at radius 2 is 1.97 bits per heavy atom. The summed E-state index contributed by atoms with van der Waals surface area (Å²) in [5, 5.41) is 25.3. The molecule has 31 heavy (non-hydrogen) atoms. The topological polar surface area (TPSA) is 176 Å². The predicted molar refractivity (Wildman–Crippen MR) is 113 cm³/mol. The van der Waals surface area contributed by atoms with Gasteiger partial charge in [-0.1, -0.05) is 24.3 Å². The van der Waals surface area contributed by atoms with Gasteiger partial charge in [-0.2, -0.15) is 13.5 Å². The third kappa shape index (κ3) is 4.98. The first-order chi connectivity index (χ1) is 14.8. The lowest BCUT2D eigenvalue weighted by atomic mass is 10.1. The largest absolute Gasteiger partial charge is 0.393 e. The molecule has 12 heteroatoms. The number of fused-ring (bicyclic) bond motifs is 1. The van der Waals surface area contributed by atoms with E-state index in [1.807, 2.05) is 12.1 Å². The molecule has 1 heterocycles. The van der Waals surface area contributed by atoms with E-state index in [1.54, 1.807) is 0 Å². The fourth-order valence-corrected chi connectivity index (χ4v) is 4.71. The van der Waals surface area contributed by atoms with Crippen molar-refractivity contribution in [3.63, 3.8) is 0 Å². The molecule has 1 saturated carbocycles. The van der Waals surface area contributed by atoms with Crippen LogP contribution in [0.15, 0.2) is 35.7 Å². The van der Waals surface area contributed by atoms with Gasteiger partial charge in [0.25, 0.3) is 0 Å². The number of aliphatic hydroxyl groups excluding tert-OH is 1. The maximum atomic E-state index is 11.0. The Bertz CT molecular complexity index is 1060. The number of hydrogen-bond acceptors (Lipinski definition) is 10. The molecule has 4 rings (SSSR count). The molecular weight excluding hydrogens is 422 g/mol. The molecule has 166 valence electrons. The van der Waals surface area contributed by atoms with Crippen LogP contribution in [0.4, 0.5) is 17.3 Å². The summed E-state index contributed by atoms with van der Waals surface area (Å²) < 4.78 is 26.6. The molecule has 0 aliphatic heterocycles. The lowest BCUT2D eigenvalue weighted by molar-refractivity contribution is 0.101. The molecule has 2 aliphatic rings. The van der Waals surface area contributed by atoms with E-state index in [4.69, 9.17) is 10.7 Å². The molecule has 6 N–H and O–H groups in total. The molecule has 11 nitrogen and oxygen atoms in total. The number of aromatic nitrogens is 2. The van der Waals surface area contributed by atoms with E-state index in [9.17, 15) is 13.5 Å². The molecule has 0 saturated heterocycles. The van der Waals surface area contributed by atoms with E-state index in [-0.39, 0.29) is 30.3 Å². The Morgan fingerprint density at radius 3 is 2.71 bits per heavy atom. The number of nitrogens with zero attached hydrogens (tertiary/aromatic N) is 3. The summed E-state index contributed by atoms with van der Waals surface area (Å²) in [5.74, 6) is 0.451. The summed E-state index contributed by atoms with van der Waals surface area (Å²) in [4.78, 5) is 8.50. The number of benzene rings is 1. The van der Waals surface area contributed by atoms with E-state index in [2.05, 4.69) is 42.0 Å². The number of hydrogen-bond donors (Lipinski definition) is 5. The van der Waals surface area contributed by atoms with Crippen molar-refractivity contribution < 1.29 is 17.7 Å².